The number of allylic oxidation sites excluding steroid dienone is 2. The van der Waals surface area contributed by atoms with Gasteiger partial charge in [-0.1, -0.05) is 24.3 Å². The van der Waals surface area contributed by atoms with Gasteiger partial charge in [-0.15, -0.1) is 0 Å². The first kappa shape index (κ1) is 12.4. The molecule has 4 heteroatoms. The van der Waals surface area contributed by atoms with Crippen molar-refractivity contribution in [3.8, 4) is 0 Å². The molecule has 18 heavy (non-hydrogen) atoms. The molecule has 1 aromatic rings. The predicted molar refractivity (Wildman–Crippen MR) is 76.3 cm³/mol. The monoisotopic (exact) mass is 242 g/mol. The van der Waals surface area contributed by atoms with E-state index in [1.54, 1.807) is 5.01 Å². The fraction of sp³-hybridized carbons (Fsp3) is 0.214. The van der Waals surface area contributed by atoms with Gasteiger partial charge in [-0.2, -0.15) is 5.10 Å². The van der Waals surface area contributed by atoms with Crippen LogP contribution in [0.2, 0.25) is 0 Å². The molecule has 94 valence electrons. The average molecular weight is 242 g/mol. The zero-order valence-corrected chi connectivity index (χ0v) is 10.5. The lowest BCUT2D eigenvalue weighted by Gasteiger charge is -2.18. The minimum atomic E-state index is 0.359. The molecule has 1 aliphatic rings. The van der Waals surface area contributed by atoms with Gasteiger partial charge in [-0.3, -0.25) is 5.01 Å². The summed E-state index contributed by atoms with van der Waals surface area (Å²) in [6.45, 7) is 1.27. The van der Waals surface area contributed by atoms with E-state index in [1.807, 2.05) is 55.9 Å². The Labute approximate surface area is 108 Å². The molecular weight excluding hydrogens is 224 g/mol. The number of likely N-dealkylation sites (N-methyl/N-ethyl adjacent to an activating group) is 1. The highest BCUT2D eigenvalue weighted by molar-refractivity contribution is 5.83. The molecule has 2 N–H and O–H groups in total. The first-order valence-corrected chi connectivity index (χ1v) is 5.95. The van der Waals surface area contributed by atoms with E-state index in [9.17, 15) is 0 Å². The number of benzene rings is 1. The first-order chi connectivity index (χ1) is 8.79. The molecule has 0 saturated heterocycles. The molecular formula is C14H18N4. The standard InChI is InChI=1S/C14H18N4/c1-17-9-7-13(8-10-17)11-16-18(12-15)14-5-3-2-4-6-14/h2-9,11H,10,12,15H2,1H3. The average Bonchev–Trinajstić information content (AvgIpc) is 2.43. The summed E-state index contributed by atoms with van der Waals surface area (Å²) >= 11 is 0. The number of hydrazone groups is 1. The fourth-order valence-electron chi connectivity index (χ4n) is 1.64. The minimum Gasteiger partial charge on any atom is -0.377 e. The van der Waals surface area contributed by atoms with Crippen molar-refractivity contribution in [2.45, 2.75) is 0 Å². The van der Waals surface area contributed by atoms with Crippen LogP contribution >= 0.6 is 0 Å². The first-order valence-electron chi connectivity index (χ1n) is 5.95. The summed E-state index contributed by atoms with van der Waals surface area (Å²) in [5, 5.41) is 6.18. The van der Waals surface area contributed by atoms with Gasteiger partial charge in [0.15, 0.2) is 0 Å². The Morgan fingerprint density at radius 3 is 2.78 bits per heavy atom. The van der Waals surface area contributed by atoms with Gasteiger partial charge in [-0.25, -0.2) is 0 Å². The lowest BCUT2D eigenvalue weighted by atomic mass is 10.2. The van der Waals surface area contributed by atoms with Crippen molar-refractivity contribution in [3.05, 3.63) is 54.3 Å². The van der Waals surface area contributed by atoms with E-state index in [2.05, 4.69) is 16.1 Å². The lowest BCUT2D eigenvalue weighted by Crippen LogP contribution is -2.24. The molecule has 4 nitrogen and oxygen atoms in total. The van der Waals surface area contributed by atoms with E-state index in [0.29, 0.717) is 6.67 Å². The zero-order chi connectivity index (χ0) is 12.8. The Morgan fingerprint density at radius 1 is 1.39 bits per heavy atom. The maximum atomic E-state index is 5.71. The molecule has 0 amide bonds. The molecule has 1 heterocycles. The summed E-state index contributed by atoms with van der Waals surface area (Å²) < 4.78 is 0. The van der Waals surface area contributed by atoms with Crippen LogP contribution < -0.4 is 10.7 Å². The van der Waals surface area contributed by atoms with Crippen LogP contribution in [0.4, 0.5) is 5.69 Å². The molecule has 0 fully saturated rings. The Bertz CT molecular complexity index is 462. The highest BCUT2D eigenvalue weighted by Crippen LogP contribution is 2.12. The number of hydrogen-bond donors (Lipinski definition) is 1. The molecule has 0 aromatic heterocycles. The van der Waals surface area contributed by atoms with E-state index >= 15 is 0 Å². The second-order valence-electron chi connectivity index (χ2n) is 4.12. The van der Waals surface area contributed by atoms with Gasteiger partial charge in [0.25, 0.3) is 0 Å². The minimum absolute atomic E-state index is 0.359. The highest BCUT2D eigenvalue weighted by atomic mass is 15.5. The second-order valence-corrected chi connectivity index (χ2v) is 4.12. The van der Waals surface area contributed by atoms with Crippen LogP contribution in [0.3, 0.4) is 0 Å². The van der Waals surface area contributed by atoms with Gasteiger partial charge in [0.05, 0.1) is 18.6 Å². The fourth-order valence-corrected chi connectivity index (χ4v) is 1.64. The van der Waals surface area contributed by atoms with Crippen molar-refractivity contribution >= 4 is 11.9 Å². The van der Waals surface area contributed by atoms with Crippen LogP contribution in [0.25, 0.3) is 0 Å². The Balaban J connectivity index is 2.05. The number of para-hydroxylation sites is 1. The van der Waals surface area contributed by atoms with E-state index in [1.165, 1.54) is 0 Å². The van der Waals surface area contributed by atoms with Crippen molar-refractivity contribution in [1.82, 2.24) is 4.90 Å². The van der Waals surface area contributed by atoms with E-state index < -0.39 is 0 Å². The molecule has 0 saturated carbocycles. The summed E-state index contributed by atoms with van der Waals surface area (Å²) in [6.07, 6.45) is 8.04. The van der Waals surface area contributed by atoms with Crippen molar-refractivity contribution in [3.63, 3.8) is 0 Å². The molecule has 0 spiro atoms. The third-order valence-corrected chi connectivity index (χ3v) is 2.71. The Hall–Kier alpha value is -2.07. The number of rotatable bonds is 4. The van der Waals surface area contributed by atoms with Crippen LogP contribution in [0.15, 0.2) is 59.4 Å². The molecule has 1 aromatic carbocycles. The third kappa shape index (κ3) is 3.21. The molecule has 0 radical (unpaired) electrons. The van der Waals surface area contributed by atoms with Crippen molar-refractivity contribution in [2.24, 2.45) is 10.8 Å². The highest BCUT2D eigenvalue weighted by Gasteiger charge is 2.01. The van der Waals surface area contributed by atoms with E-state index in [0.717, 1.165) is 17.8 Å². The topological polar surface area (TPSA) is 44.9 Å². The van der Waals surface area contributed by atoms with Crippen LogP contribution in [0, 0.1) is 0 Å². The SMILES string of the molecule is CN1C=CC(C=NN(CN)c2ccccc2)=CC1. The van der Waals surface area contributed by atoms with Crippen LogP contribution in [-0.4, -0.2) is 31.4 Å². The van der Waals surface area contributed by atoms with Gasteiger partial charge >= 0.3 is 0 Å². The summed E-state index contributed by atoms with van der Waals surface area (Å²) in [5.74, 6) is 0. The summed E-state index contributed by atoms with van der Waals surface area (Å²) in [7, 11) is 2.04. The molecule has 0 aliphatic carbocycles. The van der Waals surface area contributed by atoms with E-state index in [4.69, 9.17) is 5.73 Å². The largest absolute Gasteiger partial charge is 0.377 e. The molecule has 0 atom stereocenters. The Morgan fingerprint density at radius 2 is 2.17 bits per heavy atom. The van der Waals surface area contributed by atoms with Gasteiger partial charge in [0.2, 0.25) is 0 Å². The summed E-state index contributed by atoms with van der Waals surface area (Å²) in [6, 6.07) is 9.90. The normalized spacial score (nSPS) is 15.0. The zero-order valence-electron chi connectivity index (χ0n) is 10.5. The van der Waals surface area contributed by atoms with E-state index in [-0.39, 0.29) is 0 Å². The number of hydrogen-bond acceptors (Lipinski definition) is 4. The van der Waals surface area contributed by atoms with Gasteiger partial charge in [0.1, 0.15) is 0 Å². The van der Waals surface area contributed by atoms with Crippen LogP contribution in [0.1, 0.15) is 0 Å². The predicted octanol–water partition coefficient (Wildman–Crippen LogP) is 1.78. The molecule has 2 rings (SSSR count). The van der Waals surface area contributed by atoms with Gasteiger partial charge < -0.3 is 10.6 Å². The molecule has 1 aliphatic heterocycles. The van der Waals surface area contributed by atoms with Gasteiger partial charge in [-0.05, 0) is 30.0 Å². The third-order valence-electron chi connectivity index (χ3n) is 2.71. The summed E-state index contributed by atoms with van der Waals surface area (Å²) in [4.78, 5) is 2.11. The number of anilines is 1. The molecule has 0 bridgehead atoms. The maximum Gasteiger partial charge on any atom is 0.0885 e. The number of nitrogens with zero attached hydrogens (tertiary/aromatic N) is 3. The van der Waals surface area contributed by atoms with Gasteiger partial charge in [0, 0.05) is 13.6 Å². The lowest BCUT2D eigenvalue weighted by molar-refractivity contribution is 0.504. The quantitative estimate of drug-likeness (QED) is 0.497. The smallest absolute Gasteiger partial charge is 0.0885 e. The van der Waals surface area contributed by atoms with Crippen molar-refractivity contribution in [1.29, 1.82) is 0 Å². The second kappa shape index (κ2) is 6.02. The van der Waals surface area contributed by atoms with Crippen molar-refractivity contribution < 1.29 is 0 Å². The van der Waals surface area contributed by atoms with Crippen LogP contribution in [0.5, 0.6) is 0 Å². The Kier molecular flexibility index (Phi) is 4.15. The summed E-state index contributed by atoms with van der Waals surface area (Å²) in [5.41, 5.74) is 7.80. The maximum absolute atomic E-state index is 5.71. The number of nitrogens with two attached hydrogens (primary N) is 1. The molecule has 0 unspecified atom stereocenters. The van der Waals surface area contributed by atoms with Crippen molar-refractivity contribution in [2.75, 3.05) is 25.3 Å². The van der Waals surface area contributed by atoms with Crippen LogP contribution in [-0.2, 0) is 0 Å².